The van der Waals surface area contributed by atoms with Crippen LogP contribution in [0.3, 0.4) is 0 Å². The maximum atomic E-state index is 2.47. The summed E-state index contributed by atoms with van der Waals surface area (Å²) in [6.07, 6.45) is 15.2. The third-order valence-corrected chi connectivity index (χ3v) is 7.94. The van der Waals surface area contributed by atoms with Gasteiger partial charge in [-0.2, -0.15) is 0 Å². The van der Waals surface area contributed by atoms with Gasteiger partial charge in [0.2, 0.25) is 0 Å². The van der Waals surface area contributed by atoms with Gasteiger partial charge in [0.15, 0.2) is 0 Å². The maximum Gasteiger partial charge on any atom is 0.00159 e. The summed E-state index contributed by atoms with van der Waals surface area (Å²) in [6, 6.07) is 0. The van der Waals surface area contributed by atoms with Gasteiger partial charge < -0.3 is 0 Å². The zero-order chi connectivity index (χ0) is 17.6. The summed E-state index contributed by atoms with van der Waals surface area (Å²) in [5, 5.41) is 0. The molecule has 4 aliphatic carbocycles. The molecule has 25 heavy (non-hydrogen) atoms. The Morgan fingerprint density at radius 3 is 2.32 bits per heavy atom. The van der Waals surface area contributed by atoms with Gasteiger partial charge in [-0.05, 0) is 113 Å². The molecule has 2 saturated carbocycles. The Morgan fingerprint density at radius 1 is 0.800 bits per heavy atom. The van der Waals surface area contributed by atoms with E-state index in [1.54, 1.807) is 33.4 Å². The van der Waals surface area contributed by atoms with Crippen LogP contribution in [0, 0.1) is 11.8 Å². The standard InChI is InChI=1S/C25H36/c1-16-18(3)22(24-12-7-5-10-20(16)24)14-9-15-23-19(4)17(2)21-11-6-8-13-25(21)23/h18,21H,5-15H2,1-4H3. The summed E-state index contributed by atoms with van der Waals surface area (Å²) < 4.78 is 0. The van der Waals surface area contributed by atoms with Crippen LogP contribution in [0.15, 0.2) is 44.6 Å². The molecule has 0 aromatic heterocycles. The molecular weight excluding hydrogens is 300 g/mol. The van der Waals surface area contributed by atoms with Crippen molar-refractivity contribution in [2.24, 2.45) is 11.8 Å². The lowest BCUT2D eigenvalue weighted by Crippen LogP contribution is -2.08. The third kappa shape index (κ3) is 2.90. The SMILES string of the molecule is CC1=C(C)C2CCCCC2=C1CCCC1=C2CCCCC2=C(C)C1C. The van der Waals surface area contributed by atoms with Crippen molar-refractivity contribution in [2.45, 2.75) is 98.3 Å². The zero-order valence-corrected chi connectivity index (χ0v) is 16.9. The first-order chi connectivity index (χ1) is 12.1. The van der Waals surface area contributed by atoms with E-state index in [9.17, 15) is 0 Å². The minimum Gasteiger partial charge on any atom is -0.0629 e. The summed E-state index contributed by atoms with van der Waals surface area (Å²) in [4.78, 5) is 0. The van der Waals surface area contributed by atoms with E-state index in [4.69, 9.17) is 0 Å². The number of rotatable bonds is 4. The predicted molar refractivity (Wildman–Crippen MR) is 109 cm³/mol. The van der Waals surface area contributed by atoms with Crippen LogP contribution in [0.5, 0.6) is 0 Å². The molecule has 4 aliphatic rings. The smallest absolute Gasteiger partial charge is 0.00159 e. The Kier molecular flexibility index (Phi) is 4.82. The third-order valence-electron chi connectivity index (χ3n) is 7.94. The van der Waals surface area contributed by atoms with E-state index in [1.807, 2.05) is 11.1 Å². The van der Waals surface area contributed by atoms with Gasteiger partial charge in [-0.25, -0.2) is 0 Å². The summed E-state index contributed by atoms with van der Waals surface area (Å²) in [7, 11) is 0. The summed E-state index contributed by atoms with van der Waals surface area (Å²) in [5.41, 5.74) is 14.0. The Balaban J connectivity index is 1.46. The Labute approximate surface area is 155 Å². The van der Waals surface area contributed by atoms with Gasteiger partial charge in [-0.3, -0.25) is 0 Å². The minimum absolute atomic E-state index is 0.727. The highest BCUT2D eigenvalue weighted by Crippen LogP contribution is 2.48. The molecule has 0 radical (unpaired) electrons. The monoisotopic (exact) mass is 336 g/mol. The number of hydrogen-bond acceptors (Lipinski definition) is 0. The van der Waals surface area contributed by atoms with Gasteiger partial charge in [0.25, 0.3) is 0 Å². The molecule has 136 valence electrons. The molecule has 0 heterocycles. The average molecular weight is 337 g/mol. The van der Waals surface area contributed by atoms with Crippen molar-refractivity contribution in [3.63, 3.8) is 0 Å². The van der Waals surface area contributed by atoms with Crippen molar-refractivity contribution >= 4 is 0 Å². The fourth-order valence-corrected chi connectivity index (χ4v) is 6.24. The predicted octanol–water partition coefficient (Wildman–Crippen LogP) is 7.83. The molecule has 2 unspecified atom stereocenters. The highest BCUT2D eigenvalue weighted by Gasteiger charge is 2.32. The molecular formula is C25H36. The van der Waals surface area contributed by atoms with Gasteiger partial charge in [0.1, 0.15) is 0 Å². The molecule has 0 saturated heterocycles. The van der Waals surface area contributed by atoms with Crippen molar-refractivity contribution in [3.05, 3.63) is 44.6 Å². The van der Waals surface area contributed by atoms with E-state index < -0.39 is 0 Å². The van der Waals surface area contributed by atoms with Crippen LogP contribution in [0.4, 0.5) is 0 Å². The second-order valence-electron chi connectivity index (χ2n) is 9.06. The van der Waals surface area contributed by atoms with Gasteiger partial charge in [-0.15, -0.1) is 0 Å². The Bertz CT molecular complexity index is 692. The molecule has 4 rings (SSSR count). The molecule has 0 spiro atoms. The molecule has 0 amide bonds. The first-order valence-corrected chi connectivity index (χ1v) is 10.9. The summed E-state index contributed by atoms with van der Waals surface area (Å²) >= 11 is 0. The van der Waals surface area contributed by atoms with Crippen LogP contribution < -0.4 is 0 Å². The number of allylic oxidation sites excluding steroid dienone is 8. The van der Waals surface area contributed by atoms with Crippen LogP contribution in [0.25, 0.3) is 0 Å². The first-order valence-electron chi connectivity index (χ1n) is 10.9. The molecule has 2 fully saturated rings. The van der Waals surface area contributed by atoms with E-state index in [0.717, 1.165) is 11.8 Å². The molecule has 0 aliphatic heterocycles. The fourth-order valence-electron chi connectivity index (χ4n) is 6.24. The van der Waals surface area contributed by atoms with Crippen LogP contribution in [0.1, 0.15) is 98.3 Å². The van der Waals surface area contributed by atoms with Crippen molar-refractivity contribution in [1.29, 1.82) is 0 Å². The topological polar surface area (TPSA) is 0 Å². The largest absolute Gasteiger partial charge is 0.0629 e. The molecule has 0 heteroatoms. The highest BCUT2D eigenvalue weighted by molar-refractivity contribution is 5.51. The number of hydrogen-bond donors (Lipinski definition) is 0. The summed E-state index contributed by atoms with van der Waals surface area (Å²) in [6.45, 7) is 9.68. The quantitative estimate of drug-likeness (QED) is 0.490. The molecule has 0 bridgehead atoms. The van der Waals surface area contributed by atoms with Crippen LogP contribution >= 0.6 is 0 Å². The van der Waals surface area contributed by atoms with Crippen molar-refractivity contribution < 1.29 is 0 Å². The molecule has 0 aromatic carbocycles. The molecule has 0 nitrogen and oxygen atoms in total. The summed E-state index contributed by atoms with van der Waals surface area (Å²) in [5.74, 6) is 1.55. The number of fused-ring (bicyclic) bond motifs is 2. The Morgan fingerprint density at radius 2 is 1.52 bits per heavy atom. The van der Waals surface area contributed by atoms with Gasteiger partial charge in [0.05, 0.1) is 0 Å². The second kappa shape index (κ2) is 6.93. The van der Waals surface area contributed by atoms with E-state index >= 15 is 0 Å². The van der Waals surface area contributed by atoms with E-state index in [2.05, 4.69) is 27.7 Å². The first kappa shape index (κ1) is 17.4. The van der Waals surface area contributed by atoms with Crippen LogP contribution in [-0.4, -0.2) is 0 Å². The normalized spacial score (nSPS) is 29.8. The van der Waals surface area contributed by atoms with Crippen molar-refractivity contribution in [3.8, 4) is 0 Å². The van der Waals surface area contributed by atoms with Gasteiger partial charge in [-0.1, -0.05) is 35.6 Å². The molecule has 0 N–H and O–H groups in total. The van der Waals surface area contributed by atoms with E-state index in [-0.39, 0.29) is 0 Å². The van der Waals surface area contributed by atoms with Gasteiger partial charge >= 0.3 is 0 Å². The van der Waals surface area contributed by atoms with Crippen molar-refractivity contribution in [2.75, 3.05) is 0 Å². The van der Waals surface area contributed by atoms with Crippen LogP contribution in [0.2, 0.25) is 0 Å². The lowest BCUT2D eigenvalue weighted by atomic mass is 9.82. The van der Waals surface area contributed by atoms with E-state index in [1.165, 1.54) is 70.6 Å². The lowest BCUT2D eigenvalue weighted by Gasteiger charge is -2.23. The zero-order valence-electron chi connectivity index (χ0n) is 16.9. The molecule has 0 aromatic rings. The van der Waals surface area contributed by atoms with E-state index in [0.29, 0.717) is 0 Å². The average Bonchev–Trinajstić information content (AvgIpc) is 3.03. The van der Waals surface area contributed by atoms with Crippen LogP contribution in [-0.2, 0) is 0 Å². The van der Waals surface area contributed by atoms with Gasteiger partial charge in [0, 0.05) is 5.92 Å². The minimum atomic E-state index is 0.727. The lowest BCUT2D eigenvalue weighted by molar-refractivity contribution is 0.504. The second-order valence-corrected chi connectivity index (χ2v) is 9.06. The van der Waals surface area contributed by atoms with Crippen molar-refractivity contribution in [1.82, 2.24) is 0 Å². The Hall–Kier alpha value is -1.04. The fraction of sp³-hybridized carbons (Fsp3) is 0.680. The highest BCUT2D eigenvalue weighted by atomic mass is 14.4. The molecule has 2 atom stereocenters. The maximum absolute atomic E-state index is 2.47.